The van der Waals surface area contributed by atoms with Gasteiger partial charge in [-0.2, -0.15) is 0 Å². The summed E-state index contributed by atoms with van der Waals surface area (Å²) in [6, 6.07) is 18.9. The molecule has 0 atom stereocenters. The van der Waals surface area contributed by atoms with Gasteiger partial charge in [-0.3, -0.25) is 9.59 Å². The lowest BCUT2D eigenvalue weighted by atomic mass is 10.1. The molecule has 1 aromatic heterocycles. The highest BCUT2D eigenvalue weighted by atomic mass is 32.1. The summed E-state index contributed by atoms with van der Waals surface area (Å²) in [5.41, 5.74) is 3.34. The summed E-state index contributed by atoms with van der Waals surface area (Å²) < 4.78 is 0. The molecule has 0 spiro atoms. The summed E-state index contributed by atoms with van der Waals surface area (Å²) >= 11 is 1.42. The van der Waals surface area contributed by atoms with E-state index in [1.54, 1.807) is 24.3 Å². The van der Waals surface area contributed by atoms with E-state index >= 15 is 0 Å². The van der Waals surface area contributed by atoms with Crippen LogP contribution in [0.3, 0.4) is 0 Å². The van der Waals surface area contributed by atoms with Crippen LogP contribution in [0.15, 0.2) is 66.0 Å². The summed E-state index contributed by atoms with van der Waals surface area (Å²) in [5, 5.41) is 7.67. The minimum absolute atomic E-state index is 0.0344. The zero-order chi connectivity index (χ0) is 18.5. The Morgan fingerprint density at radius 3 is 2.08 bits per heavy atom. The highest BCUT2D eigenvalue weighted by molar-refractivity contribution is 7.12. The number of benzene rings is 2. The van der Waals surface area contributed by atoms with Gasteiger partial charge in [0.25, 0.3) is 5.91 Å². The third-order valence-electron chi connectivity index (χ3n) is 3.89. The van der Waals surface area contributed by atoms with Crippen LogP contribution in [0.5, 0.6) is 0 Å². The van der Waals surface area contributed by atoms with E-state index in [2.05, 4.69) is 10.6 Å². The Kier molecular flexibility index (Phi) is 5.49. The highest BCUT2D eigenvalue weighted by Gasteiger charge is 2.15. The van der Waals surface area contributed by atoms with E-state index in [0.29, 0.717) is 16.3 Å². The van der Waals surface area contributed by atoms with Crippen molar-refractivity contribution in [3.8, 4) is 11.1 Å². The Hall–Kier alpha value is -2.92. The Morgan fingerprint density at radius 2 is 1.46 bits per heavy atom. The predicted molar refractivity (Wildman–Crippen MR) is 108 cm³/mol. The van der Waals surface area contributed by atoms with E-state index in [1.807, 2.05) is 55.6 Å². The van der Waals surface area contributed by atoms with Crippen LogP contribution in [-0.2, 0) is 4.79 Å². The van der Waals surface area contributed by atoms with Crippen molar-refractivity contribution in [3.63, 3.8) is 0 Å². The van der Waals surface area contributed by atoms with E-state index in [4.69, 9.17) is 0 Å². The largest absolute Gasteiger partial charge is 0.326 e. The van der Waals surface area contributed by atoms with Gasteiger partial charge in [-0.05, 0) is 41.3 Å². The molecule has 4 nitrogen and oxygen atoms in total. The van der Waals surface area contributed by atoms with Gasteiger partial charge in [0.1, 0.15) is 0 Å². The third-order valence-corrected chi connectivity index (χ3v) is 4.80. The quantitative estimate of drug-likeness (QED) is 0.648. The number of carbonyl (C=O) groups excluding carboxylic acids is 2. The van der Waals surface area contributed by atoms with E-state index in [0.717, 1.165) is 11.1 Å². The molecule has 5 heteroatoms. The van der Waals surface area contributed by atoms with Crippen molar-refractivity contribution in [3.05, 3.63) is 70.9 Å². The van der Waals surface area contributed by atoms with Gasteiger partial charge in [0, 0.05) is 22.9 Å². The zero-order valence-corrected chi connectivity index (χ0v) is 15.5. The van der Waals surface area contributed by atoms with Crippen LogP contribution in [0.4, 0.5) is 11.4 Å². The van der Waals surface area contributed by atoms with Crippen molar-refractivity contribution in [2.75, 3.05) is 10.6 Å². The monoisotopic (exact) mass is 364 g/mol. The van der Waals surface area contributed by atoms with Crippen LogP contribution >= 0.6 is 11.3 Å². The van der Waals surface area contributed by atoms with Crippen LogP contribution in [0.25, 0.3) is 11.1 Å². The van der Waals surface area contributed by atoms with Gasteiger partial charge in [-0.25, -0.2) is 0 Å². The van der Waals surface area contributed by atoms with E-state index in [1.165, 1.54) is 11.3 Å². The van der Waals surface area contributed by atoms with Crippen LogP contribution < -0.4 is 10.6 Å². The van der Waals surface area contributed by atoms with Crippen molar-refractivity contribution in [1.29, 1.82) is 0 Å². The van der Waals surface area contributed by atoms with Crippen LogP contribution in [-0.4, -0.2) is 11.8 Å². The summed E-state index contributed by atoms with van der Waals surface area (Å²) in [4.78, 5) is 25.0. The molecule has 132 valence electrons. The highest BCUT2D eigenvalue weighted by Crippen LogP contribution is 2.29. The Bertz CT molecular complexity index is 899. The molecule has 26 heavy (non-hydrogen) atoms. The molecule has 0 aliphatic rings. The fourth-order valence-corrected chi connectivity index (χ4v) is 3.25. The lowest BCUT2D eigenvalue weighted by Crippen LogP contribution is -2.17. The van der Waals surface area contributed by atoms with Crippen LogP contribution in [0, 0.1) is 5.92 Å². The topological polar surface area (TPSA) is 58.2 Å². The average Bonchev–Trinajstić information content (AvgIpc) is 3.14. The summed E-state index contributed by atoms with van der Waals surface area (Å²) in [7, 11) is 0. The second kappa shape index (κ2) is 7.97. The molecule has 0 saturated heterocycles. The first kappa shape index (κ1) is 17.9. The lowest BCUT2D eigenvalue weighted by molar-refractivity contribution is -0.118. The number of anilines is 2. The van der Waals surface area contributed by atoms with Gasteiger partial charge in [0.2, 0.25) is 5.91 Å². The zero-order valence-electron chi connectivity index (χ0n) is 14.7. The molecule has 3 rings (SSSR count). The van der Waals surface area contributed by atoms with Crippen molar-refractivity contribution >= 4 is 34.5 Å². The number of hydrogen-bond acceptors (Lipinski definition) is 3. The molecule has 0 saturated carbocycles. The van der Waals surface area contributed by atoms with Crippen molar-refractivity contribution < 1.29 is 9.59 Å². The van der Waals surface area contributed by atoms with Crippen molar-refractivity contribution in [2.45, 2.75) is 13.8 Å². The normalized spacial score (nSPS) is 10.6. The molecule has 2 N–H and O–H groups in total. The molecule has 1 heterocycles. The van der Waals surface area contributed by atoms with E-state index in [-0.39, 0.29) is 17.7 Å². The summed E-state index contributed by atoms with van der Waals surface area (Å²) in [6.07, 6.45) is 0. The molecule has 0 aliphatic heterocycles. The van der Waals surface area contributed by atoms with Gasteiger partial charge in [-0.15, -0.1) is 11.3 Å². The second-order valence-corrected chi connectivity index (χ2v) is 7.12. The van der Waals surface area contributed by atoms with E-state index < -0.39 is 0 Å². The van der Waals surface area contributed by atoms with Gasteiger partial charge < -0.3 is 10.6 Å². The lowest BCUT2D eigenvalue weighted by Gasteiger charge is -2.09. The smallest absolute Gasteiger partial charge is 0.266 e. The first-order chi connectivity index (χ1) is 12.5. The van der Waals surface area contributed by atoms with Gasteiger partial charge in [0.05, 0.1) is 4.88 Å². The number of hydrogen-bond donors (Lipinski definition) is 2. The van der Waals surface area contributed by atoms with Gasteiger partial charge in [-0.1, -0.05) is 44.2 Å². The molecule has 0 radical (unpaired) electrons. The maximum Gasteiger partial charge on any atom is 0.266 e. The molecule has 2 amide bonds. The second-order valence-electron chi connectivity index (χ2n) is 6.20. The number of thiophene rings is 1. The first-order valence-corrected chi connectivity index (χ1v) is 9.28. The SMILES string of the molecule is CC(C)C(=O)Nc1ccc(NC(=O)c2sccc2-c2ccccc2)cc1. The third kappa shape index (κ3) is 4.18. The molecule has 2 aromatic carbocycles. The molecule has 3 aromatic rings. The summed E-state index contributed by atoms with van der Waals surface area (Å²) in [6.45, 7) is 3.69. The van der Waals surface area contributed by atoms with Gasteiger partial charge in [0.15, 0.2) is 0 Å². The Balaban J connectivity index is 1.71. The number of carbonyl (C=O) groups is 2. The number of rotatable bonds is 5. The fraction of sp³-hybridized carbons (Fsp3) is 0.143. The molecule has 0 bridgehead atoms. The molecule has 0 aliphatic carbocycles. The van der Waals surface area contributed by atoms with E-state index in [9.17, 15) is 9.59 Å². The maximum atomic E-state index is 12.7. The first-order valence-electron chi connectivity index (χ1n) is 8.40. The fourth-order valence-electron chi connectivity index (χ4n) is 2.44. The standard InChI is InChI=1S/C21H20N2O2S/c1-14(2)20(24)22-16-8-10-17(11-9-16)23-21(25)19-18(12-13-26-19)15-6-4-3-5-7-15/h3-14H,1-2H3,(H,22,24)(H,23,25). The van der Waals surface area contributed by atoms with Crippen LogP contribution in [0.2, 0.25) is 0 Å². The molecule has 0 unspecified atom stereocenters. The predicted octanol–water partition coefficient (Wildman–Crippen LogP) is 5.26. The molecule has 0 fully saturated rings. The Morgan fingerprint density at radius 1 is 0.846 bits per heavy atom. The minimum atomic E-state index is -0.141. The maximum absolute atomic E-state index is 12.7. The van der Waals surface area contributed by atoms with Crippen molar-refractivity contribution in [1.82, 2.24) is 0 Å². The molecular formula is C21H20N2O2S. The van der Waals surface area contributed by atoms with Gasteiger partial charge >= 0.3 is 0 Å². The van der Waals surface area contributed by atoms with Crippen molar-refractivity contribution in [2.24, 2.45) is 5.92 Å². The molecular weight excluding hydrogens is 344 g/mol. The number of nitrogens with one attached hydrogen (secondary N) is 2. The Labute approximate surface area is 156 Å². The minimum Gasteiger partial charge on any atom is -0.326 e. The average molecular weight is 364 g/mol. The number of amides is 2. The summed E-state index contributed by atoms with van der Waals surface area (Å²) in [5.74, 6) is -0.254. The van der Waals surface area contributed by atoms with Crippen LogP contribution in [0.1, 0.15) is 23.5 Å².